The van der Waals surface area contributed by atoms with Crippen molar-refractivity contribution in [2.75, 3.05) is 0 Å². The van der Waals surface area contributed by atoms with Gasteiger partial charge in [-0.15, -0.1) is 0 Å². The Kier molecular flexibility index (Phi) is 4.28. The van der Waals surface area contributed by atoms with Crippen LogP contribution in [0, 0.1) is 11.3 Å². The standard InChI is InChI=1S/C12H19N3O/c1-8(2)7-9(3)16-11-6-4-5-10(15-11)12(13)14/h4-6,8-9H,7H2,1-3H3,(H3,13,14). The van der Waals surface area contributed by atoms with Crippen LogP contribution in [0.5, 0.6) is 5.88 Å². The second kappa shape index (κ2) is 5.49. The Hall–Kier alpha value is -1.58. The van der Waals surface area contributed by atoms with Crippen LogP contribution in [0.3, 0.4) is 0 Å². The molecule has 1 aromatic heterocycles. The molecule has 0 spiro atoms. The Morgan fingerprint density at radius 1 is 1.44 bits per heavy atom. The van der Waals surface area contributed by atoms with Crippen molar-refractivity contribution < 1.29 is 4.74 Å². The van der Waals surface area contributed by atoms with Gasteiger partial charge < -0.3 is 10.5 Å². The van der Waals surface area contributed by atoms with Gasteiger partial charge >= 0.3 is 0 Å². The number of ether oxygens (including phenoxy) is 1. The lowest BCUT2D eigenvalue weighted by atomic mass is 10.1. The number of hydrogen-bond donors (Lipinski definition) is 2. The molecule has 1 aromatic rings. The van der Waals surface area contributed by atoms with Crippen LogP contribution in [0.2, 0.25) is 0 Å². The number of hydrogen-bond acceptors (Lipinski definition) is 3. The topological polar surface area (TPSA) is 72.0 Å². The van der Waals surface area contributed by atoms with Gasteiger partial charge in [-0.1, -0.05) is 19.9 Å². The molecule has 3 N–H and O–H groups in total. The van der Waals surface area contributed by atoms with E-state index in [-0.39, 0.29) is 11.9 Å². The van der Waals surface area contributed by atoms with Gasteiger partial charge in [0.25, 0.3) is 0 Å². The number of amidine groups is 1. The van der Waals surface area contributed by atoms with E-state index in [1.165, 1.54) is 0 Å². The zero-order valence-corrected chi connectivity index (χ0v) is 10.0. The highest BCUT2D eigenvalue weighted by Gasteiger charge is 2.08. The molecule has 0 aromatic carbocycles. The van der Waals surface area contributed by atoms with Gasteiger partial charge in [0.1, 0.15) is 11.5 Å². The second-order valence-electron chi connectivity index (χ2n) is 4.33. The third-order valence-corrected chi connectivity index (χ3v) is 2.12. The molecule has 4 heteroatoms. The highest BCUT2D eigenvalue weighted by atomic mass is 16.5. The molecular formula is C12H19N3O. The molecule has 0 fully saturated rings. The highest BCUT2D eigenvalue weighted by molar-refractivity contribution is 5.93. The summed E-state index contributed by atoms with van der Waals surface area (Å²) in [7, 11) is 0. The Balaban J connectivity index is 2.66. The minimum absolute atomic E-state index is 0.0398. The fourth-order valence-electron chi connectivity index (χ4n) is 1.55. The molecule has 0 aliphatic carbocycles. The third-order valence-electron chi connectivity index (χ3n) is 2.12. The van der Waals surface area contributed by atoms with Gasteiger partial charge in [0.2, 0.25) is 5.88 Å². The molecule has 0 saturated heterocycles. The minimum Gasteiger partial charge on any atom is -0.475 e. The molecule has 0 radical (unpaired) electrons. The minimum atomic E-state index is -0.0398. The number of nitrogens with two attached hydrogens (primary N) is 1. The molecule has 0 saturated carbocycles. The van der Waals surface area contributed by atoms with Crippen molar-refractivity contribution in [3.8, 4) is 5.88 Å². The molecule has 4 nitrogen and oxygen atoms in total. The van der Waals surface area contributed by atoms with E-state index < -0.39 is 0 Å². The first-order chi connectivity index (χ1) is 7.49. The molecule has 0 aliphatic rings. The SMILES string of the molecule is CC(C)CC(C)Oc1cccc(C(=N)N)n1. The van der Waals surface area contributed by atoms with Crippen molar-refractivity contribution in [1.29, 1.82) is 5.41 Å². The maximum absolute atomic E-state index is 7.29. The van der Waals surface area contributed by atoms with Crippen LogP contribution in [-0.2, 0) is 0 Å². The van der Waals surface area contributed by atoms with E-state index in [0.29, 0.717) is 17.5 Å². The summed E-state index contributed by atoms with van der Waals surface area (Å²) in [5, 5.41) is 7.29. The first-order valence-corrected chi connectivity index (χ1v) is 5.47. The molecule has 0 aliphatic heterocycles. The lowest BCUT2D eigenvalue weighted by Gasteiger charge is -2.16. The number of rotatable bonds is 5. The van der Waals surface area contributed by atoms with Crippen molar-refractivity contribution in [1.82, 2.24) is 4.98 Å². The van der Waals surface area contributed by atoms with Crippen LogP contribution in [0.1, 0.15) is 32.9 Å². The first kappa shape index (κ1) is 12.5. The fraction of sp³-hybridized carbons (Fsp3) is 0.500. The van der Waals surface area contributed by atoms with Gasteiger partial charge in [0.15, 0.2) is 0 Å². The van der Waals surface area contributed by atoms with Crippen LogP contribution >= 0.6 is 0 Å². The summed E-state index contributed by atoms with van der Waals surface area (Å²) < 4.78 is 5.65. The van der Waals surface area contributed by atoms with Crippen LogP contribution in [0.25, 0.3) is 0 Å². The van der Waals surface area contributed by atoms with Crippen molar-refractivity contribution >= 4 is 5.84 Å². The number of nitrogens with zero attached hydrogens (tertiary/aromatic N) is 1. The molecule has 0 bridgehead atoms. The lowest BCUT2D eigenvalue weighted by molar-refractivity contribution is 0.185. The van der Waals surface area contributed by atoms with E-state index in [1.807, 2.05) is 6.92 Å². The number of nitrogens with one attached hydrogen (secondary N) is 1. The number of nitrogen functional groups attached to an aromatic ring is 1. The van der Waals surface area contributed by atoms with E-state index in [0.717, 1.165) is 6.42 Å². The van der Waals surface area contributed by atoms with E-state index in [1.54, 1.807) is 18.2 Å². The van der Waals surface area contributed by atoms with E-state index >= 15 is 0 Å². The zero-order chi connectivity index (χ0) is 12.1. The maximum atomic E-state index is 7.29. The van der Waals surface area contributed by atoms with Crippen LogP contribution in [0.4, 0.5) is 0 Å². The Morgan fingerprint density at radius 2 is 2.12 bits per heavy atom. The summed E-state index contributed by atoms with van der Waals surface area (Å²) in [6.07, 6.45) is 1.10. The molecule has 0 amide bonds. The number of aromatic nitrogens is 1. The molecule has 1 heterocycles. The van der Waals surface area contributed by atoms with Gasteiger partial charge in [-0.3, -0.25) is 5.41 Å². The molecule has 1 unspecified atom stereocenters. The van der Waals surface area contributed by atoms with Crippen molar-refractivity contribution in [3.63, 3.8) is 0 Å². The summed E-state index contributed by atoms with van der Waals surface area (Å²) >= 11 is 0. The average molecular weight is 221 g/mol. The van der Waals surface area contributed by atoms with Crippen molar-refractivity contribution in [3.05, 3.63) is 23.9 Å². The molecule has 16 heavy (non-hydrogen) atoms. The quantitative estimate of drug-likeness (QED) is 0.591. The molecular weight excluding hydrogens is 202 g/mol. The smallest absolute Gasteiger partial charge is 0.214 e. The Labute approximate surface area is 96.3 Å². The van der Waals surface area contributed by atoms with Gasteiger partial charge in [0, 0.05) is 6.07 Å². The van der Waals surface area contributed by atoms with Crippen LogP contribution in [-0.4, -0.2) is 16.9 Å². The summed E-state index contributed by atoms with van der Waals surface area (Å²) in [5.41, 5.74) is 5.81. The summed E-state index contributed by atoms with van der Waals surface area (Å²) in [4.78, 5) is 4.15. The monoisotopic (exact) mass is 221 g/mol. The molecule has 1 atom stereocenters. The van der Waals surface area contributed by atoms with Gasteiger partial charge in [-0.2, -0.15) is 0 Å². The fourth-order valence-corrected chi connectivity index (χ4v) is 1.55. The van der Waals surface area contributed by atoms with Gasteiger partial charge in [-0.05, 0) is 25.3 Å². The number of pyridine rings is 1. The van der Waals surface area contributed by atoms with Crippen molar-refractivity contribution in [2.24, 2.45) is 11.7 Å². The third kappa shape index (κ3) is 3.88. The van der Waals surface area contributed by atoms with E-state index in [9.17, 15) is 0 Å². The average Bonchev–Trinajstić information content (AvgIpc) is 2.16. The largest absolute Gasteiger partial charge is 0.475 e. The summed E-state index contributed by atoms with van der Waals surface area (Å²) in [5.74, 6) is 1.08. The molecule has 1 rings (SSSR count). The highest BCUT2D eigenvalue weighted by Crippen LogP contribution is 2.13. The first-order valence-electron chi connectivity index (χ1n) is 5.47. The van der Waals surface area contributed by atoms with E-state index in [2.05, 4.69) is 18.8 Å². The van der Waals surface area contributed by atoms with Gasteiger partial charge in [0.05, 0.1) is 6.10 Å². The Morgan fingerprint density at radius 3 is 2.69 bits per heavy atom. The van der Waals surface area contributed by atoms with Crippen LogP contribution < -0.4 is 10.5 Å². The van der Waals surface area contributed by atoms with Crippen LogP contribution in [0.15, 0.2) is 18.2 Å². The van der Waals surface area contributed by atoms with E-state index in [4.69, 9.17) is 15.9 Å². The summed E-state index contributed by atoms with van der Waals surface area (Å²) in [6.45, 7) is 6.32. The molecule has 88 valence electrons. The lowest BCUT2D eigenvalue weighted by Crippen LogP contribution is -2.17. The summed E-state index contributed by atoms with van der Waals surface area (Å²) in [6, 6.07) is 5.27. The Bertz CT molecular complexity index is 363. The zero-order valence-electron chi connectivity index (χ0n) is 10.0. The predicted octanol–water partition coefficient (Wildman–Crippen LogP) is 2.18. The normalized spacial score (nSPS) is 12.5. The van der Waals surface area contributed by atoms with Gasteiger partial charge in [-0.25, -0.2) is 4.98 Å². The second-order valence-corrected chi connectivity index (χ2v) is 4.33. The van der Waals surface area contributed by atoms with Crippen molar-refractivity contribution in [2.45, 2.75) is 33.3 Å². The maximum Gasteiger partial charge on any atom is 0.214 e. The predicted molar refractivity (Wildman–Crippen MR) is 64.8 cm³/mol.